The SMILES string of the molecule is O=S(=O)(c1ccc(Nc2ncc(/C=C/c3ccccc3)cn2)cc1NCCO)N1CCNCC1. The van der Waals surface area contributed by atoms with E-state index in [0.29, 0.717) is 43.5 Å². The number of piperazine rings is 1. The lowest BCUT2D eigenvalue weighted by Gasteiger charge is -2.27. The molecule has 0 amide bonds. The van der Waals surface area contributed by atoms with Gasteiger partial charge in [0.15, 0.2) is 0 Å². The minimum atomic E-state index is -3.67. The van der Waals surface area contributed by atoms with Crippen LogP contribution in [0.1, 0.15) is 11.1 Å². The molecule has 4 N–H and O–H groups in total. The van der Waals surface area contributed by atoms with Crippen molar-refractivity contribution in [3.63, 3.8) is 0 Å². The Morgan fingerprint density at radius 3 is 2.41 bits per heavy atom. The molecule has 0 bridgehead atoms. The van der Waals surface area contributed by atoms with E-state index in [1.807, 2.05) is 42.5 Å². The second-order valence-electron chi connectivity index (χ2n) is 7.72. The fourth-order valence-electron chi connectivity index (χ4n) is 3.56. The summed E-state index contributed by atoms with van der Waals surface area (Å²) in [6.45, 7) is 2.18. The molecule has 2 aromatic carbocycles. The van der Waals surface area contributed by atoms with Crippen LogP contribution in [0, 0.1) is 0 Å². The molecular weight excluding hydrogens is 452 g/mol. The molecule has 10 heteroatoms. The van der Waals surface area contributed by atoms with Crippen LogP contribution in [0.2, 0.25) is 0 Å². The van der Waals surface area contributed by atoms with Crippen molar-refractivity contribution >= 4 is 39.5 Å². The first-order valence-corrected chi connectivity index (χ1v) is 12.5. The standard InChI is InChI=1S/C24H28N6O3S/c31-15-12-26-22-16-21(8-9-23(22)34(32,33)30-13-10-25-11-14-30)29-24-27-17-20(18-28-24)7-6-19-4-2-1-3-5-19/h1-9,16-18,25-26,31H,10-15H2,(H,27,28,29)/b7-6+. The van der Waals surface area contributed by atoms with Gasteiger partial charge < -0.3 is 21.1 Å². The summed E-state index contributed by atoms with van der Waals surface area (Å²) in [6, 6.07) is 14.9. The van der Waals surface area contributed by atoms with Crippen molar-refractivity contribution in [1.29, 1.82) is 0 Å². The number of anilines is 3. The van der Waals surface area contributed by atoms with Gasteiger partial charge in [-0.3, -0.25) is 0 Å². The molecule has 0 aliphatic carbocycles. The first kappa shape index (κ1) is 23.8. The van der Waals surface area contributed by atoms with Gasteiger partial charge in [0, 0.05) is 56.4 Å². The fraction of sp³-hybridized carbons (Fsp3) is 0.250. The molecule has 0 spiro atoms. The highest BCUT2D eigenvalue weighted by Crippen LogP contribution is 2.29. The molecule has 0 unspecified atom stereocenters. The van der Waals surface area contributed by atoms with E-state index in [9.17, 15) is 13.5 Å². The van der Waals surface area contributed by atoms with E-state index in [-0.39, 0.29) is 18.0 Å². The molecule has 178 valence electrons. The second-order valence-corrected chi connectivity index (χ2v) is 9.63. The zero-order valence-corrected chi connectivity index (χ0v) is 19.5. The van der Waals surface area contributed by atoms with Crippen LogP contribution in [0.3, 0.4) is 0 Å². The summed E-state index contributed by atoms with van der Waals surface area (Å²) in [5.74, 6) is 0.391. The number of aromatic nitrogens is 2. The number of hydrogen-bond acceptors (Lipinski definition) is 8. The Hall–Kier alpha value is -3.31. The van der Waals surface area contributed by atoms with Crippen LogP contribution in [0.25, 0.3) is 12.2 Å². The van der Waals surface area contributed by atoms with Gasteiger partial charge in [-0.25, -0.2) is 18.4 Å². The topological polar surface area (TPSA) is 119 Å². The van der Waals surface area contributed by atoms with E-state index in [1.165, 1.54) is 4.31 Å². The van der Waals surface area contributed by atoms with Gasteiger partial charge >= 0.3 is 0 Å². The Labute approximate surface area is 199 Å². The molecule has 0 radical (unpaired) electrons. The molecule has 9 nitrogen and oxygen atoms in total. The predicted molar refractivity (Wildman–Crippen MR) is 134 cm³/mol. The summed E-state index contributed by atoms with van der Waals surface area (Å²) in [5.41, 5.74) is 2.99. The third-order valence-corrected chi connectivity index (χ3v) is 7.25. The Morgan fingerprint density at radius 1 is 1.00 bits per heavy atom. The summed E-state index contributed by atoms with van der Waals surface area (Å²) < 4.78 is 27.8. The van der Waals surface area contributed by atoms with Crippen LogP contribution < -0.4 is 16.0 Å². The van der Waals surface area contributed by atoms with Gasteiger partial charge in [-0.2, -0.15) is 4.31 Å². The first-order chi connectivity index (χ1) is 16.6. The van der Waals surface area contributed by atoms with Crippen LogP contribution in [0.15, 0.2) is 65.8 Å². The lowest BCUT2D eigenvalue weighted by molar-refractivity contribution is 0.311. The number of aliphatic hydroxyl groups excluding tert-OH is 1. The zero-order valence-electron chi connectivity index (χ0n) is 18.7. The van der Waals surface area contributed by atoms with E-state index in [4.69, 9.17) is 0 Å². The minimum Gasteiger partial charge on any atom is -0.395 e. The quantitative estimate of drug-likeness (QED) is 0.369. The van der Waals surface area contributed by atoms with Crippen molar-refractivity contribution in [2.24, 2.45) is 0 Å². The molecule has 2 heterocycles. The maximum absolute atomic E-state index is 13.2. The lowest BCUT2D eigenvalue weighted by atomic mass is 10.2. The van der Waals surface area contributed by atoms with Gasteiger partial charge in [0.05, 0.1) is 12.3 Å². The van der Waals surface area contributed by atoms with Gasteiger partial charge in [0.2, 0.25) is 16.0 Å². The van der Waals surface area contributed by atoms with Gasteiger partial charge in [-0.1, -0.05) is 42.5 Å². The molecule has 0 atom stereocenters. The Balaban J connectivity index is 1.51. The van der Waals surface area contributed by atoms with E-state index >= 15 is 0 Å². The summed E-state index contributed by atoms with van der Waals surface area (Å²) in [7, 11) is -3.67. The Morgan fingerprint density at radius 2 is 1.71 bits per heavy atom. The van der Waals surface area contributed by atoms with Crippen molar-refractivity contribution in [3.8, 4) is 0 Å². The van der Waals surface area contributed by atoms with E-state index < -0.39 is 10.0 Å². The third kappa shape index (κ3) is 5.97. The monoisotopic (exact) mass is 480 g/mol. The molecule has 4 rings (SSSR count). The molecule has 1 fully saturated rings. The number of hydrogen-bond donors (Lipinski definition) is 4. The predicted octanol–water partition coefficient (Wildman–Crippen LogP) is 2.39. The van der Waals surface area contributed by atoms with Gasteiger partial charge in [0.25, 0.3) is 0 Å². The molecule has 3 aromatic rings. The van der Waals surface area contributed by atoms with Crippen molar-refractivity contribution in [2.45, 2.75) is 4.90 Å². The number of benzene rings is 2. The number of rotatable bonds is 9. The third-order valence-electron chi connectivity index (χ3n) is 5.30. The maximum atomic E-state index is 13.2. The fourth-order valence-corrected chi connectivity index (χ4v) is 5.15. The van der Waals surface area contributed by atoms with Gasteiger partial charge in [0.1, 0.15) is 4.90 Å². The van der Waals surface area contributed by atoms with Crippen LogP contribution in [0.4, 0.5) is 17.3 Å². The summed E-state index contributed by atoms with van der Waals surface area (Å²) in [5, 5.41) is 18.5. The lowest BCUT2D eigenvalue weighted by Crippen LogP contribution is -2.46. The van der Waals surface area contributed by atoms with Crippen LogP contribution in [0.5, 0.6) is 0 Å². The summed E-state index contributed by atoms with van der Waals surface area (Å²) in [6.07, 6.45) is 7.35. The normalized spacial score (nSPS) is 14.9. The Bertz CT molecular complexity index is 1210. The van der Waals surface area contributed by atoms with Crippen molar-refractivity contribution < 1.29 is 13.5 Å². The molecule has 1 aliphatic rings. The van der Waals surface area contributed by atoms with Crippen LogP contribution in [-0.2, 0) is 10.0 Å². The molecule has 1 aromatic heterocycles. The molecule has 1 saturated heterocycles. The number of nitrogens with one attached hydrogen (secondary N) is 3. The largest absolute Gasteiger partial charge is 0.395 e. The first-order valence-electron chi connectivity index (χ1n) is 11.1. The number of sulfonamides is 1. The molecule has 0 saturated carbocycles. The van der Waals surface area contributed by atoms with Gasteiger partial charge in [-0.15, -0.1) is 0 Å². The molecule has 34 heavy (non-hydrogen) atoms. The molecule has 1 aliphatic heterocycles. The van der Waals surface area contributed by atoms with Crippen molar-refractivity contribution in [3.05, 3.63) is 72.1 Å². The average Bonchev–Trinajstić information content (AvgIpc) is 2.88. The van der Waals surface area contributed by atoms with E-state index in [2.05, 4.69) is 25.9 Å². The second kappa shape index (κ2) is 11.2. The highest BCUT2D eigenvalue weighted by Gasteiger charge is 2.28. The van der Waals surface area contributed by atoms with Crippen LogP contribution >= 0.6 is 0 Å². The van der Waals surface area contributed by atoms with Crippen molar-refractivity contribution in [1.82, 2.24) is 19.6 Å². The van der Waals surface area contributed by atoms with Gasteiger partial charge in [-0.05, 0) is 23.8 Å². The van der Waals surface area contributed by atoms with E-state index in [1.54, 1.807) is 30.6 Å². The highest BCUT2D eigenvalue weighted by molar-refractivity contribution is 7.89. The van der Waals surface area contributed by atoms with E-state index in [0.717, 1.165) is 11.1 Å². The number of nitrogens with zero attached hydrogens (tertiary/aromatic N) is 3. The highest BCUT2D eigenvalue weighted by atomic mass is 32.2. The summed E-state index contributed by atoms with van der Waals surface area (Å²) in [4.78, 5) is 8.89. The maximum Gasteiger partial charge on any atom is 0.245 e. The van der Waals surface area contributed by atoms with Crippen LogP contribution in [-0.4, -0.2) is 67.1 Å². The molecular formula is C24H28N6O3S. The number of aliphatic hydroxyl groups is 1. The minimum absolute atomic E-state index is 0.119. The zero-order chi connectivity index (χ0) is 23.8. The Kier molecular flexibility index (Phi) is 7.86. The summed E-state index contributed by atoms with van der Waals surface area (Å²) >= 11 is 0. The van der Waals surface area contributed by atoms with Crippen molar-refractivity contribution in [2.75, 3.05) is 50.0 Å². The average molecular weight is 481 g/mol. The smallest absolute Gasteiger partial charge is 0.245 e.